The molecule has 0 aliphatic carbocycles. The molecule has 0 bridgehead atoms. The normalized spacial score (nSPS) is 15.1. The summed E-state index contributed by atoms with van der Waals surface area (Å²) >= 11 is 9.76. The molecule has 0 aliphatic heterocycles. The summed E-state index contributed by atoms with van der Waals surface area (Å²) in [4.78, 5) is 0. The summed E-state index contributed by atoms with van der Waals surface area (Å²) in [6.07, 6.45) is 2.08. The first-order valence-corrected chi connectivity index (χ1v) is 6.25. The van der Waals surface area contributed by atoms with E-state index in [4.69, 9.17) is 11.6 Å². The molecule has 0 aromatic heterocycles. The van der Waals surface area contributed by atoms with Crippen molar-refractivity contribution in [2.24, 2.45) is 5.92 Å². The van der Waals surface area contributed by atoms with Gasteiger partial charge in [0.25, 0.3) is 0 Å². The van der Waals surface area contributed by atoms with Gasteiger partial charge in [-0.05, 0) is 30.4 Å². The van der Waals surface area contributed by atoms with Gasteiger partial charge in [0.15, 0.2) is 0 Å². The molecule has 14 heavy (non-hydrogen) atoms. The zero-order valence-corrected chi connectivity index (χ0v) is 11.0. The van der Waals surface area contributed by atoms with Crippen molar-refractivity contribution in [1.29, 1.82) is 0 Å². The zero-order chi connectivity index (χ0) is 10.6. The topological polar surface area (TPSA) is 0 Å². The van der Waals surface area contributed by atoms with E-state index in [-0.39, 0.29) is 5.38 Å². The van der Waals surface area contributed by atoms with Crippen LogP contribution in [0.1, 0.15) is 25.8 Å². The Morgan fingerprint density at radius 2 is 2.00 bits per heavy atom. The minimum absolute atomic E-state index is 0.280. The molecule has 0 spiro atoms. The lowest BCUT2D eigenvalue weighted by Gasteiger charge is -2.16. The Morgan fingerprint density at radius 1 is 1.36 bits per heavy atom. The van der Waals surface area contributed by atoms with E-state index in [1.807, 2.05) is 6.07 Å². The highest BCUT2D eigenvalue weighted by Crippen LogP contribution is 2.23. The highest BCUT2D eigenvalue weighted by atomic mass is 79.9. The molecular formula is C12H16BrCl. The largest absolute Gasteiger partial charge is 0.123 e. The van der Waals surface area contributed by atoms with Gasteiger partial charge in [-0.3, -0.25) is 0 Å². The average molecular weight is 276 g/mol. The molecule has 0 saturated carbocycles. The second-order valence-corrected chi connectivity index (χ2v) is 5.11. The van der Waals surface area contributed by atoms with Crippen LogP contribution in [0.5, 0.6) is 0 Å². The van der Waals surface area contributed by atoms with Crippen LogP contribution in [0.25, 0.3) is 0 Å². The summed E-state index contributed by atoms with van der Waals surface area (Å²) in [5.74, 6) is 0.528. The van der Waals surface area contributed by atoms with Crippen molar-refractivity contribution in [2.45, 2.75) is 32.1 Å². The number of rotatable bonds is 4. The van der Waals surface area contributed by atoms with Gasteiger partial charge in [-0.25, -0.2) is 0 Å². The Morgan fingerprint density at radius 3 is 2.57 bits per heavy atom. The lowest BCUT2D eigenvalue weighted by Crippen LogP contribution is -2.13. The molecule has 0 aliphatic rings. The molecular weight excluding hydrogens is 259 g/mol. The fourth-order valence-corrected chi connectivity index (χ4v) is 2.08. The molecule has 0 amide bonds. The van der Waals surface area contributed by atoms with Crippen molar-refractivity contribution in [3.63, 3.8) is 0 Å². The van der Waals surface area contributed by atoms with Crippen LogP contribution in [0, 0.1) is 5.92 Å². The first-order chi connectivity index (χ1) is 6.65. The van der Waals surface area contributed by atoms with E-state index in [1.165, 1.54) is 10.0 Å². The van der Waals surface area contributed by atoms with Gasteiger partial charge in [-0.15, -0.1) is 11.6 Å². The third-order valence-electron chi connectivity index (χ3n) is 2.51. The lowest BCUT2D eigenvalue weighted by molar-refractivity contribution is 0.530. The van der Waals surface area contributed by atoms with Gasteiger partial charge in [0.1, 0.15) is 0 Å². The van der Waals surface area contributed by atoms with Crippen molar-refractivity contribution in [3.05, 3.63) is 34.3 Å². The highest BCUT2D eigenvalue weighted by molar-refractivity contribution is 9.10. The van der Waals surface area contributed by atoms with Crippen LogP contribution in [0.15, 0.2) is 28.7 Å². The lowest BCUT2D eigenvalue weighted by atomic mass is 9.97. The minimum Gasteiger partial charge on any atom is -0.123 e. The molecule has 0 N–H and O–H groups in total. The minimum atomic E-state index is 0.280. The van der Waals surface area contributed by atoms with Crippen molar-refractivity contribution in [1.82, 2.24) is 0 Å². The standard InChI is InChI=1S/C12H16BrCl/c1-3-12(14)9(2)8-10-6-4-5-7-11(10)13/h4-7,9,12H,3,8H2,1-2H3. The predicted octanol–water partition coefficient (Wildman–Crippen LogP) is 4.65. The van der Waals surface area contributed by atoms with E-state index in [1.54, 1.807) is 0 Å². The maximum absolute atomic E-state index is 6.20. The Kier molecular flexibility index (Phi) is 4.97. The molecule has 2 heteroatoms. The number of benzene rings is 1. The fraction of sp³-hybridized carbons (Fsp3) is 0.500. The molecule has 1 aromatic carbocycles. The van der Waals surface area contributed by atoms with Crippen molar-refractivity contribution in [2.75, 3.05) is 0 Å². The van der Waals surface area contributed by atoms with Crippen LogP contribution >= 0.6 is 27.5 Å². The highest BCUT2D eigenvalue weighted by Gasteiger charge is 2.13. The van der Waals surface area contributed by atoms with Crippen LogP contribution in [-0.4, -0.2) is 5.38 Å². The van der Waals surface area contributed by atoms with Gasteiger partial charge in [0.2, 0.25) is 0 Å². The van der Waals surface area contributed by atoms with Crippen LogP contribution < -0.4 is 0 Å². The summed E-state index contributed by atoms with van der Waals surface area (Å²) in [6, 6.07) is 8.34. The number of hydrogen-bond acceptors (Lipinski definition) is 0. The Bertz CT molecular complexity index is 285. The SMILES string of the molecule is CCC(Cl)C(C)Cc1ccccc1Br. The first-order valence-electron chi connectivity index (χ1n) is 5.02. The van der Waals surface area contributed by atoms with Crippen LogP contribution in [-0.2, 0) is 6.42 Å². The molecule has 1 rings (SSSR count). The van der Waals surface area contributed by atoms with Crippen molar-refractivity contribution >= 4 is 27.5 Å². The summed E-state index contributed by atoms with van der Waals surface area (Å²) in [7, 11) is 0. The third kappa shape index (κ3) is 3.29. The van der Waals surface area contributed by atoms with E-state index in [9.17, 15) is 0 Å². The second-order valence-electron chi connectivity index (χ2n) is 3.70. The predicted molar refractivity (Wildman–Crippen MR) is 66.9 cm³/mol. The number of alkyl halides is 1. The first kappa shape index (κ1) is 12.1. The second kappa shape index (κ2) is 5.77. The molecule has 0 heterocycles. The maximum atomic E-state index is 6.20. The summed E-state index contributed by atoms with van der Waals surface area (Å²) in [5, 5.41) is 0.280. The number of hydrogen-bond donors (Lipinski definition) is 0. The zero-order valence-electron chi connectivity index (χ0n) is 8.63. The maximum Gasteiger partial charge on any atom is 0.0362 e. The Labute approximate surface area is 99.8 Å². The molecule has 2 unspecified atom stereocenters. The van der Waals surface area contributed by atoms with E-state index in [0.29, 0.717) is 5.92 Å². The summed E-state index contributed by atoms with van der Waals surface area (Å²) < 4.78 is 1.19. The van der Waals surface area contributed by atoms with E-state index in [0.717, 1.165) is 12.8 Å². The monoisotopic (exact) mass is 274 g/mol. The molecule has 2 atom stereocenters. The van der Waals surface area contributed by atoms with Gasteiger partial charge in [0, 0.05) is 9.85 Å². The third-order valence-corrected chi connectivity index (χ3v) is 4.02. The van der Waals surface area contributed by atoms with Gasteiger partial charge in [0.05, 0.1) is 0 Å². The molecule has 0 saturated heterocycles. The van der Waals surface area contributed by atoms with Gasteiger partial charge in [-0.2, -0.15) is 0 Å². The van der Waals surface area contributed by atoms with Crippen LogP contribution in [0.2, 0.25) is 0 Å². The van der Waals surface area contributed by atoms with Crippen LogP contribution in [0.4, 0.5) is 0 Å². The molecule has 78 valence electrons. The smallest absolute Gasteiger partial charge is 0.0362 e. The Balaban J connectivity index is 2.64. The fourth-order valence-electron chi connectivity index (χ4n) is 1.54. The quantitative estimate of drug-likeness (QED) is 0.702. The van der Waals surface area contributed by atoms with E-state index >= 15 is 0 Å². The van der Waals surface area contributed by atoms with Gasteiger partial charge in [-0.1, -0.05) is 48.0 Å². The molecule has 0 fully saturated rings. The van der Waals surface area contributed by atoms with Gasteiger partial charge < -0.3 is 0 Å². The average Bonchev–Trinajstić information content (AvgIpc) is 2.20. The summed E-state index contributed by atoms with van der Waals surface area (Å²) in [5.41, 5.74) is 1.35. The Hall–Kier alpha value is -0.0100. The van der Waals surface area contributed by atoms with E-state index in [2.05, 4.69) is 48.0 Å². The van der Waals surface area contributed by atoms with Gasteiger partial charge >= 0.3 is 0 Å². The van der Waals surface area contributed by atoms with E-state index < -0.39 is 0 Å². The molecule has 0 nitrogen and oxygen atoms in total. The molecule has 0 radical (unpaired) electrons. The van der Waals surface area contributed by atoms with Crippen molar-refractivity contribution in [3.8, 4) is 0 Å². The summed E-state index contributed by atoms with van der Waals surface area (Å²) in [6.45, 7) is 4.34. The van der Waals surface area contributed by atoms with Crippen LogP contribution in [0.3, 0.4) is 0 Å². The van der Waals surface area contributed by atoms with Crippen molar-refractivity contribution < 1.29 is 0 Å². The molecule has 1 aromatic rings. The number of halogens is 2.